The number of aromatic nitrogens is 2. The van der Waals surface area contributed by atoms with E-state index in [0.717, 1.165) is 22.5 Å². The third-order valence-electron chi connectivity index (χ3n) is 4.37. The predicted octanol–water partition coefficient (Wildman–Crippen LogP) is 4.05. The second-order valence-corrected chi connectivity index (χ2v) is 6.79. The van der Waals surface area contributed by atoms with Gasteiger partial charge in [0.05, 0.1) is 5.56 Å². The number of carbonyl (C=O) groups excluding carboxylic acids is 2. The summed E-state index contributed by atoms with van der Waals surface area (Å²) in [5, 5.41) is 4.00. The molecule has 140 valence electrons. The number of carbonyl (C=O) groups is 2. The van der Waals surface area contributed by atoms with Gasteiger partial charge >= 0.3 is 5.97 Å². The lowest BCUT2D eigenvalue weighted by atomic mass is 10.1. The fourth-order valence-corrected chi connectivity index (χ4v) is 3.24. The van der Waals surface area contributed by atoms with E-state index in [0.29, 0.717) is 22.7 Å². The Hall–Kier alpha value is -3.15. The molecule has 1 aromatic carbocycles. The maximum Gasteiger partial charge on any atom is 0.338 e. The highest BCUT2D eigenvalue weighted by molar-refractivity contribution is 6.00. The molecule has 0 aliphatic carbocycles. The number of ether oxygens (including phenoxy) is 1. The van der Waals surface area contributed by atoms with E-state index in [1.807, 2.05) is 45.3 Å². The van der Waals surface area contributed by atoms with Gasteiger partial charge in [-0.2, -0.15) is 0 Å². The zero-order chi connectivity index (χ0) is 19.7. The summed E-state index contributed by atoms with van der Waals surface area (Å²) in [6.07, 6.45) is 0. The summed E-state index contributed by atoms with van der Waals surface area (Å²) in [5.41, 5.74) is 4.47. The summed E-state index contributed by atoms with van der Waals surface area (Å²) in [4.78, 5) is 24.9. The molecule has 0 bridgehead atoms. The van der Waals surface area contributed by atoms with Gasteiger partial charge < -0.3 is 9.26 Å². The summed E-state index contributed by atoms with van der Waals surface area (Å²) in [7, 11) is 0. The van der Waals surface area contributed by atoms with E-state index in [1.165, 1.54) is 0 Å². The Labute approximate surface area is 157 Å². The lowest BCUT2D eigenvalue weighted by Crippen LogP contribution is -2.15. The fraction of sp³-hybridized carbons (Fsp3) is 0.286. The van der Waals surface area contributed by atoms with E-state index in [2.05, 4.69) is 5.16 Å². The van der Waals surface area contributed by atoms with E-state index in [4.69, 9.17) is 9.26 Å². The van der Waals surface area contributed by atoms with Crippen molar-refractivity contribution in [1.29, 1.82) is 0 Å². The standard InChI is InChI=1S/C21H22N2O4/c1-12-6-13(2)8-17(7-12)21(25)26-11-19(24)18-9-14(3)23(16(18)5)20-10-15(4)27-22-20/h6-10H,11H2,1-5H3. The van der Waals surface area contributed by atoms with Crippen LogP contribution < -0.4 is 0 Å². The number of esters is 1. The lowest BCUT2D eigenvalue weighted by molar-refractivity contribution is 0.0474. The van der Waals surface area contributed by atoms with Crippen molar-refractivity contribution in [3.63, 3.8) is 0 Å². The molecule has 2 aromatic heterocycles. The Kier molecular flexibility index (Phi) is 4.99. The molecule has 27 heavy (non-hydrogen) atoms. The Bertz CT molecular complexity index is 1010. The van der Waals surface area contributed by atoms with Crippen molar-refractivity contribution in [2.24, 2.45) is 0 Å². The van der Waals surface area contributed by atoms with Crippen LogP contribution in [0.3, 0.4) is 0 Å². The highest BCUT2D eigenvalue weighted by Crippen LogP contribution is 2.21. The zero-order valence-corrected chi connectivity index (χ0v) is 16.1. The Morgan fingerprint density at radius 1 is 1.00 bits per heavy atom. The first-order valence-electron chi connectivity index (χ1n) is 8.67. The number of nitrogens with zero attached hydrogens (tertiary/aromatic N) is 2. The Morgan fingerprint density at radius 2 is 1.67 bits per heavy atom. The number of benzene rings is 1. The van der Waals surface area contributed by atoms with Crippen LogP contribution in [0.15, 0.2) is 34.9 Å². The number of hydrogen-bond acceptors (Lipinski definition) is 5. The molecule has 0 saturated heterocycles. The SMILES string of the molecule is Cc1cc(C)cc(C(=O)OCC(=O)c2cc(C)n(-c3cc(C)on3)c2C)c1. The number of aryl methyl sites for hydroxylation is 4. The quantitative estimate of drug-likeness (QED) is 0.503. The minimum absolute atomic E-state index is 0.257. The molecule has 3 rings (SSSR count). The molecule has 6 nitrogen and oxygen atoms in total. The van der Waals surface area contributed by atoms with Crippen LogP contribution >= 0.6 is 0 Å². The van der Waals surface area contributed by atoms with Crippen LogP contribution in [0.4, 0.5) is 0 Å². The Balaban J connectivity index is 1.76. The normalized spacial score (nSPS) is 10.9. The summed E-state index contributed by atoms with van der Waals surface area (Å²) < 4.78 is 12.2. The van der Waals surface area contributed by atoms with Crippen molar-refractivity contribution < 1.29 is 18.8 Å². The van der Waals surface area contributed by atoms with Crippen molar-refractivity contribution >= 4 is 11.8 Å². The molecule has 0 fully saturated rings. The van der Waals surface area contributed by atoms with Crippen LogP contribution in [-0.2, 0) is 4.74 Å². The molecule has 2 heterocycles. The smallest absolute Gasteiger partial charge is 0.338 e. The second kappa shape index (κ2) is 7.23. The van der Waals surface area contributed by atoms with Gasteiger partial charge in [0.15, 0.2) is 12.4 Å². The Morgan fingerprint density at radius 3 is 2.26 bits per heavy atom. The van der Waals surface area contributed by atoms with Crippen molar-refractivity contribution in [3.05, 3.63) is 69.7 Å². The van der Waals surface area contributed by atoms with Gasteiger partial charge in [0.2, 0.25) is 5.78 Å². The topological polar surface area (TPSA) is 74.3 Å². The molecule has 0 aliphatic heterocycles. The third kappa shape index (κ3) is 3.84. The molecule has 6 heteroatoms. The summed E-state index contributed by atoms with van der Waals surface area (Å²) >= 11 is 0. The minimum Gasteiger partial charge on any atom is -0.454 e. The van der Waals surface area contributed by atoms with Gasteiger partial charge in [-0.15, -0.1) is 0 Å². The predicted molar refractivity (Wildman–Crippen MR) is 101 cm³/mol. The minimum atomic E-state index is -0.504. The van der Waals surface area contributed by atoms with Crippen LogP contribution in [0.25, 0.3) is 5.82 Å². The van der Waals surface area contributed by atoms with Gasteiger partial charge in [-0.3, -0.25) is 9.36 Å². The molecule has 0 atom stereocenters. The summed E-state index contributed by atoms with van der Waals surface area (Å²) in [5.74, 6) is 0.546. The molecule has 0 radical (unpaired) electrons. The molecule has 0 amide bonds. The van der Waals surface area contributed by atoms with Crippen molar-refractivity contribution in [2.45, 2.75) is 34.6 Å². The number of hydrogen-bond donors (Lipinski definition) is 0. The number of ketones is 1. The van der Waals surface area contributed by atoms with Crippen LogP contribution in [0.2, 0.25) is 0 Å². The van der Waals surface area contributed by atoms with Crippen LogP contribution in [0, 0.1) is 34.6 Å². The molecular weight excluding hydrogens is 344 g/mol. The number of Topliss-reactive ketones (excluding diaryl/α,β-unsaturated/α-hetero) is 1. The van der Waals surface area contributed by atoms with Gasteiger partial charge in [0.25, 0.3) is 0 Å². The number of rotatable bonds is 5. The van der Waals surface area contributed by atoms with E-state index >= 15 is 0 Å². The van der Waals surface area contributed by atoms with Crippen LogP contribution in [0.5, 0.6) is 0 Å². The average Bonchev–Trinajstić information content (AvgIpc) is 3.14. The van der Waals surface area contributed by atoms with Gasteiger partial charge in [0, 0.05) is 23.0 Å². The van der Waals surface area contributed by atoms with E-state index < -0.39 is 5.97 Å². The first-order chi connectivity index (χ1) is 12.8. The van der Waals surface area contributed by atoms with Gasteiger partial charge in [-0.1, -0.05) is 22.3 Å². The van der Waals surface area contributed by atoms with Gasteiger partial charge in [-0.25, -0.2) is 4.79 Å². The molecule has 0 saturated carbocycles. The monoisotopic (exact) mass is 366 g/mol. The van der Waals surface area contributed by atoms with Crippen LogP contribution in [0.1, 0.15) is 49.0 Å². The maximum absolute atomic E-state index is 12.6. The highest BCUT2D eigenvalue weighted by atomic mass is 16.5. The highest BCUT2D eigenvalue weighted by Gasteiger charge is 2.20. The molecule has 3 aromatic rings. The van der Waals surface area contributed by atoms with E-state index in [9.17, 15) is 9.59 Å². The second-order valence-electron chi connectivity index (χ2n) is 6.79. The van der Waals surface area contributed by atoms with Crippen molar-refractivity contribution in [2.75, 3.05) is 6.61 Å². The van der Waals surface area contributed by atoms with Crippen LogP contribution in [-0.4, -0.2) is 28.1 Å². The average molecular weight is 366 g/mol. The first-order valence-corrected chi connectivity index (χ1v) is 8.67. The van der Waals surface area contributed by atoms with E-state index in [1.54, 1.807) is 24.3 Å². The molecular formula is C21H22N2O4. The zero-order valence-electron chi connectivity index (χ0n) is 16.1. The van der Waals surface area contributed by atoms with Gasteiger partial charge in [-0.05, 0) is 52.8 Å². The summed E-state index contributed by atoms with van der Waals surface area (Å²) in [6, 6.07) is 9.04. The fourth-order valence-electron chi connectivity index (χ4n) is 3.24. The third-order valence-corrected chi connectivity index (χ3v) is 4.37. The van der Waals surface area contributed by atoms with Gasteiger partial charge in [0.1, 0.15) is 5.76 Å². The lowest BCUT2D eigenvalue weighted by Gasteiger charge is -2.07. The molecule has 0 N–H and O–H groups in total. The van der Waals surface area contributed by atoms with Crippen molar-refractivity contribution in [3.8, 4) is 5.82 Å². The molecule has 0 aliphatic rings. The van der Waals surface area contributed by atoms with Crippen molar-refractivity contribution in [1.82, 2.24) is 9.72 Å². The maximum atomic E-state index is 12.6. The molecule has 0 spiro atoms. The molecule has 0 unspecified atom stereocenters. The summed E-state index contributed by atoms with van der Waals surface area (Å²) in [6.45, 7) is 9.03. The largest absolute Gasteiger partial charge is 0.454 e. The first kappa shape index (κ1) is 18.6. The van der Waals surface area contributed by atoms with E-state index in [-0.39, 0.29) is 12.4 Å².